The first-order valence-electron chi connectivity index (χ1n) is 9.81. The monoisotopic (exact) mass is 367 g/mol. The summed E-state index contributed by atoms with van der Waals surface area (Å²) in [5.74, 6) is 0.881. The van der Waals surface area contributed by atoms with Gasteiger partial charge >= 0.3 is 5.97 Å². The number of fused-ring (bicyclic) bond motifs is 1. The Bertz CT molecular complexity index is 795. The second-order valence-electron chi connectivity index (χ2n) is 6.92. The minimum Gasteiger partial charge on any atom is -0.466 e. The maximum atomic E-state index is 11.9. The molecule has 0 aliphatic carbocycles. The molecule has 1 aliphatic rings. The van der Waals surface area contributed by atoms with E-state index < -0.39 is 0 Å². The van der Waals surface area contributed by atoms with Crippen molar-refractivity contribution in [2.45, 2.75) is 26.2 Å². The topological polar surface area (TPSA) is 53.9 Å². The van der Waals surface area contributed by atoms with Crippen LogP contribution in [0.15, 0.2) is 47.5 Å². The van der Waals surface area contributed by atoms with E-state index in [4.69, 9.17) is 4.74 Å². The van der Waals surface area contributed by atoms with Crippen molar-refractivity contribution < 1.29 is 9.53 Å². The molecular weight excluding hydrogens is 338 g/mol. The highest BCUT2D eigenvalue weighted by atomic mass is 16.5. The van der Waals surface area contributed by atoms with E-state index in [1.165, 1.54) is 16.3 Å². The molecule has 0 atom stereocenters. The molecule has 2 aromatic carbocycles. The van der Waals surface area contributed by atoms with Gasteiger partial charge in [0.25, 0.3) is 0 Å². The summed E-state index contributed by atoms with van der Waals surface area (Å²) in [7, 11) is 1.82. The van der Waals surface area contributed by atoms with Gasteiger partial charge in [-0.15, -0.1) is 0 Å². The Kier molecular flexibility index (Phi) is 6.69. The number of hydrogen-bond donors (Lipinski definition) is 1. The smallest absolute Gasteiger partial charge is 0.309 e. The zero-order valence-electron chi connectivity index (χ0n) is 16.3. The number of guanidine groups is 1. The molecule has 0 unspecified atom stereocenters. The molecule has 0 saturated carbocycles. The van der Waals surface area contributed by atoms with E-state index in [1.54, 1.807) is 0 Å². The molecule has 0 bridgehead atoms. The molecule has 0 spiro atoms. The zero-order chi connectivity index (χ0) is 19.1. The molecule has 0 radical (unpaired) electrons. The third-order valence-electron chi connectivity index (χ3n) is 5.14. The van der Waals surface area contributed by atoms with Crippen LogP contribution >= 0.6 is 0 Å². The number of nitrogens with zero attached hydrogens (tertiary/aromatic N) is 2. The van der Waals surface area contributed by atoms with Crippen molar-refractivity contribution >= 4 is 22.7 Å². The maximum absolute atomic E-state index is 11.9. The minimum atomic E-state index is -0.0589. The van der Waals surface area contributed by atoms with Crippen LogP contribution in [0.1, 0.15) is 25.3 Å². The molecule has 144 valence electrons. The lowest BCUT2D eigenvalue weighted by atomic mass is 9.97. The number of rotatable bonds is 5. The van der Waals surface area contributed by atoms with E-state index in [0.29, 0.717) is 6.61 Å². The summed E-state index contributed by atoms with van der Waals surface area (Å²) in [6.45, 7) is 4.81. The van der Waals surface area contributed by atoms with Crippen molar-refractivity contribution in [1.29, 1.82) is 0 Å². The van der Waals surface area contributed by atoms with Crippen LogP contribution < -0.4 is 5.32 Å². The SMILES string of the molecule is CCOC(=O)C1CCN(C(=NC)NCCc2ccc3ccccc3c2)CC1. The standard InChI is InChI=1S/C22H29N3O2/c1-3-27-21(26)19-11-14-25(15-12-19)22(23-2)24-13-10-17-8-9-18-6-4-5-7-20(18)16-17/h4-9,16,19H,3,10-15H2,1-2H3,(H,23,24). The van der Waals surface area contributed by atoms with Gasteiger partial charge in [0.15, 0.2) is 5.96 Å². The second kappa shape index (κ2) is 9.40. The number of carbonyl (C=O) groups excluding carboxylic acids is 1. The van der Waals surface area contributed by atoms with E-state index in [-0.39, 0.29) is 11.9 Å². The molecule has 5 heteroatoms. The normalized spacial score (nSPS) is 15.8. The predicted octanol–water partition coefficient (Wildman–Crippen LogP) is 3.23. The summed E-state index contributed by atoms with van der Waals surface area (Å²) in [6, 6.07) is 15.1. The van der Waals surface area contributed by atoms with Gasteiger partial charge in [-0.2, -0.15) is 0 Å². The number of carbonyl (C=O) groups is 1. The van der Waals surface area contributed by atoms with Gasteiger partial charge in [0.05, 0.1) is 12.5 Å². The first kappa shape index (κ1) is 19.2. The van der Waals surface area contributed by atoms with E-state index in [0.717, 1.165) is 44.9 Å². The first-order chi connectivity index (χ1) is 13.2. The van der Waals surface area contributed by atoms with Gasteiger partial charge in [0, 0.05) is 26.7 Å². The molecule has 1 saturated heterocycles. The van der Waals surface area contributed by atoms with Crippen LogP contribution in [0.2, 0.25) is 0 Å². The first-order valence-corrected chi connectivity index (χ1v) is 9.81. The fourth-order valence-corrected chi connectivity index (χ4v) is 3.63. The molecule has 1 heterocycles. The summed E-state index contributed by atoms with van der Waals surface area (Å²) in [5, 5.41) is 6.02. The highest BCUT2D eigenvalue weighted by Crippen LogP contribution is 2.19. The quantitative estimate of drug-likeness (QED) is 0.501. The lowest BCUT2D eigenvalue weighted by molar-refractivity contribution is -0.149. The van der Waals surface area contributed by atoms with E-state index in [9.17, 15) is 4.79 Å². The average Bonchev–Trinajstić information content (AvgIpc) is 2.71. The van der Waals surface area contributed by atoms with Crippen molar-refractivity contribution in [3.05, 3.63) is 48.0 Å². The molecule has 1 fully saturated rings. The number of hydrogen-bond acceptors (Lipinski definition) is 3. The number of esters is 1. The Morgan fingerprint density at radius 3 is 2.63 bits per heavy atom. The van der Waals surface area contributed by atoms with Crippen molar-refractivity contribution in [1.82, 2.24) is 10.2 Å². The molecule has 27 heavy (non-hydrogen) atoms. The fraction of sp³-hybridized carbons (Fsp3) is 0.455. The van der Waals surface area contributed by atoms with Crippen molar-refractivity contribution in [2.75, 3.05) is 33.3 Å². The molecule has 3 rings (SSSR count). The van der Waals surface area contributed by atoms with Gasteiger partial charge in [-0.3, -0.25) is 9.79 Å². The molecular formula is C22H29N3O2. The number of aliphatic imine (C=N–C) groups is 1. The number of nitrogens with one attached hydrogen (secondary N) is 1. The summed E-state index contributed by atoms with van der Waals surface area (Å²) >= 11 is 0. The van der Waals surface area contributed by atoms with Crippen molar-refractivity contribution in [3.8, 4) is 0 Å². The summed E-state index contributed by atoms with van der Waals surface area (Å²) < 4.78 is 5.14. The third kappa shape index (κ3) is 5.00. The maximum Gasteiger partial charge on any atom is 0.309 e. The van der Waals surface area contributed by atoms with Gasteiger partial charge in [0.2, 0.25) is 0 Å². The molecule has 1 N–H and O–H groups in total. The molecule has 1 aliphatic heterocycles. The highest BCUT2D eigenvalue weighted by molar-refractivity contribution is 5.83. The molecule has 5 nitrogen and oxygen atoms in total. The van der Waals surface area contributed by atoms with Crippen LogP contribution in [0, 0.1) is 5.92 Å². The van der Waals surface area contributed by atoms with Crippen LogP contribution in [0.3, 0.4) is 0 Å². The van der Waals surface area contributed by atoms with Gasteiger partial charge < -0.3 is 15.0 Å². The van der Waals surface area contributed by atoms with Gasteiger partial charge in [-0.25, -0.2) is 0 Å². The minimum absolute atomic E-state index is 0.0249. The Morgan fingerprint density at radius 2 is 1.93 bits per heavy atom. The van der Waals surface area contributed by atoms with Crippen molar-refractivity contribution in [2.24, 2.45) is 10.9 Å². The van der Waals surface area contributed by atoms with Gasteiger partial charge in [0.1, 0.15) is 0 Å². The van der Waals surface area contributed by atoms with Crippen LogP contribution in [0.25, 0.3) is 10.8 Å². The lowest BCUT2D eigenvalue weighted by Crippen LogP contribution is -2.47. The Morgan fingerprint density at radius 1 is 1.19 bits per heavy atom. The largest absolute Gasteiger partial charge is 0.466 e. The summed E-state index contributed by atoms with van der Waals surface area (Å²) in [5.41, 5.74) is 1.32. The Labute approximate surface area is 161 Å². The second-order valence-corrected chi connectivity index (χ2v) is 6.92. The highest BCUT2D eigenvalue weighted by Gasteiger charge is 2.27. The van der Waals surface area contributed by atoms with E-state index >= 15 is 0 Å². The van der Waals surface area contributed by atoms with Crippen LogP contribution in [0.5, 0.6) is 0 Å². The average molecular weight is 367 g/mol. The van der Waals surface area contributed by atoms with E-state index in [2.05, 4.69) is 57.7 Å². The van der Waals surface area contributed by atoms with Crippen LogP contribution in [0.4, 0.5) is 0 Å². The Balaban J connectivity index is 1.48. The summed E-state index contributed by atoms with van der Waals surface area (Å²) in [6.07, 6.45) is 2.59. The van der Waals surface area contributed by atoms with Gasteiger partial charge in [-0.05, 0) is 42.5 Å². The number of piperidine rings is 1. The van der Waals surface area contributed by atoms with Crippen molar-refractivity contribution in [3.63, 3.8) is 0 Å². The number of likely N-dealkylation sites (tertiary alicyclic amines) is 1. The molecule has 2 aromatic rings. The summed E-state index contributed by atoms with van der Waals surface area (Å²) in [4.78, 5) is 18.5. The van der Waals surface area contributed by atoms with Crippen LogP contribution in [-0.4, -0.2) is 50.1 Å². The number of ether oxygens (including phenoxy) is 1. The van der Waals surface area contributed by atoms with Crippen LogP contribution in [-0.2, 0) is 16.0 Å². The third-order valence-corrected chi connectivity index (χ3v) is 5.14. The van der Waals surface area contributed by atoms with E-state index in [1.807, 2.05) is 14.0 Å². The fourth-order valence-electron chi connectivity index (χ4n) is 3.63. The van der Waals surface area contributed by atoms with Gasteiger partial charge in [-0.1, -0.05) is 42.5 Å². The molecule has 0 amide bonds. The predicted molar refractivity (Wildman–Crippen MR) is 110 cm³/mol. The molecule has 0 aromatic heterocycles. The lowest BCUT2D eigenvalue weighted by Gasteiger charge is -2.33. The number of benzene rings is 2. The Hall–Kier alpha value is -2.56. The zero-order valence-corrected chi connectivity index (χ0v) is 16.3.